The van der Waals surface area contributed by atoms with Gasteiger partial charge in [-0.15, -0.1) is 0 Å². The first-order valence-electron chi connectivity index (χ1n) is 7.12. The van der Waals surface area contributed by atoms with Crippen LogP contribution >= 0.6 is 0 Å². The topological polar surface area (TPSA) is 105 Å². The summed E-state index contributed by atoms with van der Waals surface area (Å²) in [7, 11) is -3.32. The van der Waals surface area contributed by atoms with E-state index in [1.807, 2.05) is 0 Å². The Kier molecular flexibility index (Phi) is 5.55. The Bertz CT molecular complexity index is 942. The highest BCUT2D eigenvalue weighted by atomic mass is 32.2. The van der Waals surface area contributed by atoms with Gasteiger partial charge in [0.25, 0.3) is 10.0 Å². The standard InChI is InChI=1S/C15H19N3O5S2/c1-18(2)25(21,22)16-12-9-10-14(15(11-12)23-3)17-24(19,20)13-7-5-4-6-8-13/h4-11,16-17H,1-3H3. The molecule has 0 aliphatic rings. The number of sulfonamides is 1. The second-order valence-electron chi connectivity index (χ2n) is 5.22. The van der Waals surface area contributed by atoms with Crippen LogP contribution in [-0.4, -0.2) is 42.3 Å². The summed E-state index contributed by atoms with van der Waals surface area (Å²) in [5, 5.41) is 0. The minimum absolute atomic E-state index is 0.106. The molecule has 2 rings (SSSR count). The van der Waals surface area contributed by atoms with Gasteiger partial charge in [-0.05, 0) is 24.3 Å². The van der Waals surface area contributed by atoms with Crippen LogP contribution in [0.1, 0.15) is 0 Å². The maximum atomic E-state index is 12.4. The third-order valence-corrected chi connectivity index (χ3v) is 6.06. The van der Waals surface area contributed by atoms with Gasteiger partial charge >= 0.3 is 10.2 Å². The van der Waals surface area contributed by atoms with Crippen LogP contribution in [0.3, 0.4) is 0 Å². The molecule has 0 spiro atoms. The monoisotopic (exact) mass is 385 g/mol. The zero-order valence-electron chi connectivity index (χ0n) is 13.9. The van der Waals surface area contributed by atoms with Crippen molar-refractivity contribution >= 4 is 31.6 Å². The molecule has 0 fully saturated rings. The van der Waals surface area contributed by atoms with E-state index in [9.17, 15) is 16.8 Å². The number of nitrogens with zero attached hydrogens (tertiary/aromatic N) is 1. The molecule has 0 aliphatic heterocycles. The van der Waals surface area contributed by atoms with Gasteiger partial charge < -0.3 is 4.74 Å². The van der Waals surface area contributed by atoms with E-state index in [2.05, 4.69) is 9.44 Å². The molecule has 25 heavy (non-hydrogen) atoms. The maximum Gasteiger partial charge on any atom is 0.301 e. The number of methoxy groups -OCH3 is 1. The molecule has 10 heteroatoms. The van der Waals surface area contributed by atoms with Crippen LogP contribution in [0.5, 0.6) is 5.75 Å². The highest BCUT2D eigenvalue weighted by Crippen LogP contribution is 2.30. The summed E-state index contributed by atoms with van der Waals surface area (Å²) in [6, 6.07) is 12.1. The van der Waals surface area contributed by atoms with Crippen molar-refractivity contribution < 1.29 is 21.6 Å². The minimum Gasteiger partial charge on any atom is -0.494 e. The zero-order chi connectivity index (χ0) is 18.7. The van der Waals surface area contributed by atoms with Crippen LogP contribution < -0.4 is 14.2 Å². The van der Waals surface area contributed by atoms with E-state index in [0.717, 1.165) is 4.31 Å². The lowest BCUT2D eigenvalue weighted by Gasteiger charge is -2.16. The number of nitrogens with one attached hydrogen (secondary N) is 2. The fourth-order valence-electron chi connectivity index (χ4n) is 1.88. The number of hydrogen-bond acceptors (Lipinski definition) is 5. The van der Waals surface area contributed by atoms with Crippen LogP contribution in [0.4, 0.5) is 11.4 Å². The van der Waals surface area contributed by atoms with Gasteiger partial charge in [-0.3, -0.25) is 9.44 Å². The average molecular weight is 385 g/mol. The highest BCUT2D eigenvalue weighted by molar-refractivity contribution is 7.92. The summed E-state index contributed by atoms with van der Waals surface area (Å²) in [6.07, 6.45) is 0. The minimum atomic E-state index is -3.78. The molecular weight excluding hydrogens is 366 g/mol. The molecule has 0 aliphatic carbocycles. The Morgan fingerprint density at radius 2 is 1.56 bits per heavy atom. The second kappa shape index (κ2) is 7.30. The predicted molar refractivity (Wildman–Crippen MR) is 96.5 cm³/mol. The molecule has 0 atom stereocenters. The molecule has 136 valence electrons. The number of hydrogen-bond donors (Lipinski definition) is 2. The Morgan fingerprint density at radius 3 is 2.12 bits per heavy atom. The molecule has 0 unspecified atom stereocenters. The number of benzene rings is 2. The number of ether oxygens (including phenoxy) is 1. The third-order valence-electron chi connectivity index (χ3n) is 3.23. The molecule has 2 N–H and O–H groups in total. The molecule has 0 heterocycles. The fourth-order valence-corrected chi connectivity index (χ4v) is 3.58. The summed E-state index contributed by atoms with van der Waals surface area (Å²) < 4.78 is 59.5. The second-order valence-corrected chi connectivity index (χ2v) is 8.79. The van der Waals surface area contributed by atoms with E-state index >= 15 is 0 Å². The van der Waals surface area contributed by atoms with Gasteiger partial charge in [-0.1, -0.05) is 18.2 Å². The van der Waals surface area contributed by atoms with Gasteiger partial charge in [-0.25, -0.2) is 8.42 Å². The third kappa shape index (κ3) is 4.62. The normalized spacial score (nSPS) is 12.0. The van der Waals surface area contributed by atoms with Crippen molar-refractivity contribution in [2.75, 3.05) is 30.6 Å². The van der Waals surface area contributed by atoms with Crippen LogP contribution in [0.15, 0.2) is 53.4 Å². The van der Waals surface area contributed by atoms with Crippen molar-refractivity contribution in [3.63, 3.8) is 0 Å². The Labute approximate surface area is 147 Å². The maximum absolute atomic E-state index is 12.4. The van der Waals surface area contributed by atoms with Crippen molar-refractivity contribution in [2.24, 2.45) is 0 Å². The molecule has 2 aromatic rings. The van der Waals surface area contributed by atoms with Crippen LogP contribution in [-0.2, 0) is 20.2 Å². The van der Waals surface area contributed by atoms with E-state index in [4.69, 9.17) is 4.74 Å². The lowest BCUT2D eigenvalue weighted by molar-refractivity contribution is 0.417. The Morgan fingerprint density at radius 1 is 0.920 bits per heavy atom. The molecule has 8 nitrogen and oxygen atoms in total. The highest BCUT2D eigenvalue weighted by Gasteiger charge is 2.18. The lowest BCUT2D eigenvalue weighted by Crippen LogP contribution is -2.28. The lowest BCUT2D eigenvalue weighted by atomic mass is 10.2. The SMILES string of the molecule is COc1cc(NS(=O)(=O)N(C)C)ccc1NS(=O)(=O)c1ccccc1. The first-order valence-corrected chi connectivity index (χ1v) is 10.0. The Balaban J connectivity index is 2.32. The first-order chi connectivity index (χ1) is 11.7. The van der Waals surface area contributed by atoms with Crippen LogP contribution in [0.2, 0.25) is 0 Å². The van der Waals surface area contributed by atoms with Gasteiger partial charge in [-0.2, -0.15) is 12.7 Å². The Hall–Kier alpha value is -2.30. The van der Waals surface area contributed by atoms with Crippen molar-refractivity contribution in [1.29, 1.82) is 0 Å². The molecular formula is C15H19N3O5S2. The molecule has 0 bridgehead atoms. The van der Waals surface area contributed by atoms with E-state index in [1.54, 1.807) is 18.2 Å². The average Bonchev–Trinajstić information content (AvgIpc) is 2.56. The quantitative estimate of drug-likeness (QED) is 0.755. The molecule has 0 saturated carbocycles. The van der Waals surface area contributed by atoms with Gasteiger partial charge in [0.05, 0.1) is 23.4 Å². The molecule has 0 radical (unpaired) electrons. The zero-order valence-corrected chi connectivity index (χ0v) is 15.6. The van der Waals surface area contributed by atoms with Crippen molar-refractivity contribution in [3.8, 4) is 5.75 Å². The molecule has 0 aromatic heterocycles. The smallest absolute Gasteiger partial charge is 0.301 e. The van der Waals surface area contributed by atoms with Crippen LogP contribution in [0.25, 0.3) is 0 Å². The predicted octanol–water partition coefficient (Wildman–Crippen LogP) is 1.71. The fraction of sp³-hybridized carbons (Fsp3) is 0.200. The van der Waals surface area contributed by atoms with E-state index < -0.39 is 20.2 Å². The molecule has 2 aromatic carbocycles. The van der Waals surface area contributed by atoms with E-state index in [-0.39, 0.29) is 22.0 Å². The molecule has 0 amide bonds. The van der Waals surface area contributed by atoms with Gasteiger partial charge in [0.1, 0.15) is 5.75 Å². The van der Waals surface area contributed by atoms with Crippen molar-refractivity contribution in [1.82, 2.24) is 4.31 Å². The first kappa shape index (κ1) is 19.0. The van der Waals surface area contributed by atoms with Gasteiger partial charge in [0.2, 0.25) is 0 Å². The summed E-state index contributed by atoms with van der Waals surface area (Å²) in [6.45, 7) is 0. The van der Waals surface area contributed by atoms with E-state index in [1.165, 1.54) is 51.5 Å². The van der Waals surface area contributed by atoms with Gasteiger partial charge in [0.15, 0.2) is 0 Å². The number of rotatable bonds is 7. The summed E-state index contributed by atoms with van der Waals surface area (Å²) in [5.74, 6) is 0.179. The molecule has 0 saturated heterocycles. The van der Waals surface area contributed by atoms with Crippen molar-refractivity contribution in [2.45, 2.75) is 4.90 Å². The van der Waals surface area contributed by atoms with Crippen molar-refractivity contribution in [3.05, 3.63) is 48.5 Å². The van der Waals surface area contributed by atoms with E-state index in [0.29, 0.717) is 0 Å². The summed E-state index contributed by atoms with van der Waals surface area (Å²) in [4.78, 5) is 0.106. The van der Waals surface area contributed by atoms with Crippen LogP contribution in [0, 0.1) is 0 Å². The largest absolute Gasteiger partial charge is 0.494 e. The number of anilines is 2. The summed E-state index contributed by atoms with van der Waals surface area (Å²) >= 11 is 0. The summed E-state index contributed by atoms with van der Waals surface area (Å²) in [5.41, 5.74) is 0.437. The van der Waals surface area contributed by atoms with Gasteiger partial charge in [0, 0.05) is 20.2 Å².